The van der Waals surface area contributed by atoms with Crippen molar-refractivity contribution in [3.8, 4) is 0 Å². The van der Waals surface area contributed by atoms with E-state index in [1.807, 2.05) is 0 Å². The zero-order valence-electron chi connectivity index (χ0n) is 13.5. The highest BCUT2D eigenvalue weighted by Gasteiger charge is 2.41. The number of hydrogen-bond donors (Lipinski definition) is 2. The van der Waals surface area contributed by atoms with E-state index in [1.54, 1.807) is 6.07 Å². The van der Waals surface area contributed by atoms with Crippen LogP contribution in [0.5, 0.6) is 0 Å². The Balaban J connectivity index is 1.93. The van der Waals surface area contributed by atoms with E-state index in [2.05, 4.69) is 10.6 Å². The lowest BCUT2D eigenvalue weighted by Crippen LogP contribution is -2.44. The topological polar surface area (TPSA) is 111 Å². The van der Waals surface area contributed by atoms with Gasteiger partial charge in [0.2, 0.25) is 5.91 Å². The summed E-state index contributed by atoms with van der Waals surface area (Å²) in [6.45, 7) is 0.623. The molecule has 0 aliphatic carbocycles. The number of hydrogen-bond acceptors (Lipinski definition) is 6. The third kappa shape index (κ3) is 2.58. The summed E-state index contributed by atoms with van der Waals surface area (Å²) in [7, 11) is 0. The quantitative estimate of drug-likeness (QED) is 0.599. The Hall–Kier alpha value is -2.71. The summed E-state index contributed by atoms with van der Waals surface area (Å²) >= 11 is 5.92. The Morgan fingerprint density at radius 1 is 1.19 bits per heavy atom. The molecule has 0 radical (unpaired) electrons. The number of ketones is 1. The minimum atomic E-state index is -0.686. The van der Waals surface area contributed by atoms with Crippen LogP contribution < -0.4 is 10.6 Å². The number of nitrogens with one attached hydrogen (secondary N) is 2. The first kappa shape index (κ1) is 16.7. The fourth-order valence-electron chi connectivity index (χ4n) is 3.62. The molecule has 8 nitrogen and oxygen atoms in total. The highest BCUT2D eigenvalue weighted by atomic mass is 35.5. The fourth-order valence-corrected chi connectivity index (χ4v) is 3.81. The van der Waals surface area contributed by atoms with Crippen LogP contribution in [0.3, 0.4) is 0 Å². The molecule has 0 saturated carbocycles. The van der Waals surface area contributed by atoms with Gasteiger partial charge < -0.3 is 15.4 Å². The normalized spacial score (nSPS) is 22.4. The molecule has 1 aromatic carbocycles. The summed E-state index contributed by atoms with van der Waals surface area (Å²) in [5.41, 5.74) is 2.38. The van der Waals surface area contributed by atoms with E-state index >= 15 is 0 Å². The predicted octanol–water partition coefficient (Wildman–Crippen LogP) is 1.56. The number of dihydropyridines is 1. The van der Waals surface area contributed by atoms with Crippen LogP contribution in [0.4, 0.5) is 5.69 Å². The van der Waals surface area contributed by atoms with Crippen molar-refractivity contribution in [1.29, 1.82) is 0 Å². The molecule has 3 aliphatic rings. The lowest BCUT2D eigenvalue weighted by Gasteiger charge is -2.37. The molecule has 3 heterocycles. The first-order valence-corrected chi connectivity index (χ1v) is 8.41. The summed E-state index contributed by atoms with van der Waals surface area (Å²) < 4.78 is 5.30. The van der Waals surface area contributed by atoms with E-state index in [4.69, 9.17) is 16.3 Å². The second kappa shape index (κ2) is 6.22. The van der Waals surface area contributed by atoms with Crippen LogP contribution in [0, 0.1) is 10.1 Å². The van der Waals surface area contributed by atoms with Crippen LogP contribution in [0.25, 0.3) is 0 Å². The molecular weight excluding hydrogens is 362 g/mol. The first-order valence-electron chi connectivity index (χ1n) is 8.03. The zero-order valence-corrected chi connectivity index (χ0v) is 14.3. The van der Waals surface area contributed by atoms with Crippen LogP contribution >= 0.6 is 11.6 Å². The Labute approximate surface area is 153 Å². The SMILES string of the molecule is O=C1COCC2=C1C(c1ccc(Cl)c([N+](=O)[O-])c1)C1=C(CCNC1=O)N2. The Bertz CT molecular complexity index is 879. The molecule has 1 aromatic rings. The number of amides is 1. The Morgan fingerprint density at radius 2 is 2.00 bits per heavy atom. The van der Waals surface area contributed by atoms with Crippen molar-refractivity contribution in [2.75, 3.05) is 19.8 Å². The van der Waals surface area contributed by atoms with Gasteiger partial charge in [-0.1, -0.05) is 17.7 Å². The highest BCUT2D eigenvalue weighted by Crippen LogP contribution is 2.43. The number of Topliss-reactive ketones (excluding diaryl/α,β-unsaturated/α-hetero) is 1. The highest BCUT2D eigenvalue weighted by molar-refractivity contribution is 6.32. The van der Waals surface area contributed by atoms with Crippen LogP contribution in [-0.4, -0.2) is 36.4 Å². The smallest absolute Gasteiger partial charge is 0.288 e. The van der Waals surface area contributed by atoms with Crippen molar-refractivity contribution < 1.29 is 19.2 Å². The summed E-state index contributed by atoms with van der Waals surface area (Å²) in [4.78, 5) is 35.8. The van der Waals surface area contributed by atoms with Crippen molar-refractivity contribution in [3.05, 3.63) is 61.4 Å². The van der Waals surface area contributed by atoms with Crippen molar-refractivity contribution in [2.45, 2.75) is 12.3 Å². The van der Waals surface area contributed by atoms with Crippen molar-refractivity contribution in [1.82, 2.24) is 10.6 Å². The van der Waals surface area contributed by atoms with Gasteiger partial charge in [0.15, 0.2) is 5.78 Å². The van der Waals surface area contributed by atoms with Gasteiger partial charge in [-0.05, 0) is 11.6 Å². The van der Waals surface area contributed by atoms with Gasteiger partial charge in [-0.15, -0.1) is 0 Å². The second-order valence-corrected chi connectivity index (χ2v) is 6.64. The van der Waals surface area contributed by atoms with Crippen LogP contribution in [0.2, 0.25) is 5.02 Å². The molecule has 0 saturated heterocycles. The van der Waals surface area contributed by atoms with E-state index in [9.17, 15) is 19.7 Å². The largest absolute Gasteiger partial charge is 0.367 e. The maximum atomic E-state index is 12.5. The van der Waals surface area contributed by atoms with Gasteiger partial charge in [0, 0.05) is 47.5 Å². The lowest BCUT2D eigenvalue weighted by molar-refractivity contribution is -0.384. The van der Waals surface area contributed by atoms with Gasteiger partial charge in [-0.2, -0.15) is 0 Å². The van der Waals surface area contributed by atoms with Crippen LogP contribution in [0.15, 0.2) is 40.7 Å². The molecule has 0 bridgehead atoms. The molecule has 1 amide bonds. The molecule has 4 rings (SSSR count). The van der Waals surface area contributed by atoms with E-state index < -0.39 is 10.8 Å². The van der Waals surface area contributed by atoms with E-state index in [1.165, 1.54) is 12.1 Å². The predicted molar refractivity (Wildman–Crippen MR) is 91.5 cm³/mol. The molecule has 0 aromatic heterocycles. The number of carbonyl (C=O) groups is 2. The van der Waals surface area contributed by atoms with E-state index in [-0.39, 0.29) is 35.6 Å². The molecule has 26 heavy (non-hydrogen) atoms. The third-order valence-electron chi connectivity index (χ3n) is 4.71. The van der Waals surface area contributed by atoms with Crippen molar-refractivity contribution in [3.63, 3.8) is 0 Å². The summed E-state index contributed by atoms with van der Waals surface area (Å²) in [6.07, 6.45) is 0.582. The van der Waals surface area contributed by atoms with Crippen LogP contribution in [-0.2, 0) is 14.3 Å². The monoisotopic (exact) mass is 375 g/mol. The number of rotatable bonds is 2. The molecule has 134 valence electrons. The average Bonchev–Trinajstić information content (AvgIpc) is 2.61. The molecule has 1 atom stereocenters. The first-order chi connectivity index (χ1) is 12.5. The van der Waals surface area contributed by atoms with Crippen molar-refractivity contribution in [2.24, 2.45) is 0 Å². The van der Waals surface area contributed by atoms with Gasteiger partial charge in [0.05, 0.1) is 11.5 Å². The minimum Gasteiger partial charge on any atom is -0.367 e. The molecular formula is C17H14ClN3O5. The Kier molecular flexibility index (Phi) is 4.01. The molecule has 0 fully saturated rings. The number of nitro groups is 1. The third-order valence-corrected chi connectivity index (χ3v) is 5.03. The zero-order chi connectivity index (χ0) is 18.4. The maximum Gasteiger partial charge on any atom is 0.288 e. The number of ether oxygens (including phenoxy) is 1. The van der Waals surface area contributed by atoms with Gasteiger partial charge in [-0.25, -0.2) is 0 Å². The molecule has 0 spiro atoms. The van der Waals surface area contributed by atoms with Crippen molar-refractivity contribution >= 4 is 29.0 Å². The molecule has 9 heteroatoms. The minimum absolute atomic E-state index is 0.00231. The number of benzene rings is 1. The van der Waals surface area contributed by atoms with Gasteiger partial charge in [0.1, 0.15) is 11.6 Å². The molecule has 1 unspecified atom stereocenters. The lowest BCUT2D eigenvalue weighted by atomic mass is 9.76. The average molecular weight is 376 g/mol. The molecule has 2 N–H and O–H groups in total. The van der Waals surface area contributed by atoms with Gasteiger partial charge in [-0.3, -0.25) is 19.7 Å². The standard InChI is InChI=1S/C17H14ClN3O5/c18-9-2-1-8(5-12(9)21(24)25)14-15-11(6-26-7-13(15)22)20-10-3-4-19-17(23)16(10)14/h1-2,5,14,20H,3-4,6-7H2,(H,19,23). The summed E-state index contributed by atoms with van der Waals surface area (Å²) in [6, 6.07) is 4.37. The maximum absolute atomic E-state index is 12.5. The van der Waals surface area contributed by atoms with Gasteiger partial charge >= 0.3 is 0 Å². The number of carbonyl (C=O) groups excluding carboxylic acids is 2. The summed E-state index contributed by atoms with van der Waals surface area (Å²) in [5.74, 6) is -1.22. The number of nitrogens with zero attached hydrogens (tertiary/aromatic N) is 1. The van der Waals surface area contributed by atoms with E-state index in [0.717, 1.165) is 0 Å². The number of nitro benzene ring substituents is 1. The Morgan fingerprint density at radius 3 is 2.77 bits per heavy atom. The molecule has 3 aliphatic heterocycles. The van der Waals surface area contributed by atoms with Gasteiger partial charge in [0.25, 0.3) is 5.69 Å². The second-order valence-electron chi connectivity index (χ2n) is 6.23. The van der Waals surface area contributed by atoms with Crippen LogP contribution in [0.1, 0.15) is 17.9 Å². The fraction of sp³-hybridized carbons (Fsp3) is 0.294. The summed E-state index contributed by atoms with van der Waals surface area (Å²) in [5, 5.41) is 17.2. The van der Waals surface area contributed by atoms with E-state index in [0.29, 0.717) is 41.1 Å². The number of halogens is 1.